The van der Waals surface area contributed by atoms with Crippen LogP contribution in [0.2, 0.25) is 0 Å². The van der Waals surface area contributed by atoms with E-state index in [1.807, 2.05) is 19.0 Å². The van der Waals surface area contributed by atoms with Gasteiger partial charge >= 0.3 is 0 Å². The van der Waals surface area contributed by atoms with Crippen LogP contribution < -0.4 is 5.32 Å². The molecule has 6 heteroatoms. The minimum Gasteiger partial charge on any atom is -0.387 e. The second kappa shape index (κ2) is 6.19. The molecule has 0 aliphatic carbocycles. The molecule has 1 aromatic heterocycles. The Morgan fingerprint density at radius 3 is 2.50 bits per heavy atom. The minimum atomic E-state index is -1.01. The zero-order valence-electron chi connectivity index (χ0n) is 12.7. The van der Waals surface area contributed by atoms with Crippen molar-refractivity contribution in [2.45, 2.75) is 19.4 Å². The van der Waals surface area contributed by atoms with Gasteiger partial charge in [0.2, 0.25) is 0 Å². The number of carbonyl (C=O) groups excluding carboxylic acids is 2. The van der Waals surface area contributed by atoms with Gasteiger partial charge in [-0.25, -0.2) is 0 Å². The monoisotopic (exact) mass is 281 g/mol. The van der Waals surface area contributed by atoms with Crippen LogP contribution in [0.4, 0.5) is 0 Å². The number of ketones is 1. The summed E-state index contributed by atoms with van der Waals surface area (Å²) < 4.78 is 1.60. The van der Waals surface area contributed by atoms with Crippen molar-refractivity contribution < 1.29 is 14.7 Å². The third-order valence-corrected chi connectivity index (χ3v) is 2.93. The first-order valence-corrected chi connectivity index (χ1v) is 6.45. The van der Waals surface area contributed by atoms with E-state index in [2.05, 4.69) is 5.32 Å². The highest BCUT2D eigenvalue weighted by Gasteiger charge is 2.23. The Kier molecular flexibility index (Phi) is 5.08. The summed E-state index contributed by atoms with van der Waals surface area (Å²) in [6.07, 6.45) is 1.62. The van der Waals surface area contributed by atoms with E-state index >= 15 is 0 Å². The van der Waals surface area contributed by atoms with E-state index in [-0.39, 0.29) is 18.2 Å². The first kappa shape index (κ1) is 16.4. The molecule has 1 unspecified atom stereocenters. The van der Waals surface area contributed by atoms with Crippen LogP contribution in [0, 0.1) is 0 Å². The van der Waals surface area contributed by atoms with Crippen LogP contribution in [0.15, 0.2) is 12.3 Å². The summed E-state index contributed by atoms with van der Waals surface area (Å²) in [5.41, 5.74) is -0.109. The molecule has 0 saturated carbocycles. The fraction of sp³-hybridized carbons (Fsp3) is 0.571. The second-order valence-corrected chi connectivity index (χ2v) is 5.70. The van der Waals surface area contributed by atoms with Gasteiger partial charge in [-0.3, -0.25) is 9.59 Å². The van der Waals surface area contributed by atoms with Crippen LogP contribution >= 0.6 is 0 Å². The number of nitrogens with one attached hydrogen (secondary N) is 1. The van der Waals surface area contributed by atoms with Crippen LogP contribution in [0.5, 0.6) is 0 Å². The van der Waals surface area contributed by atoms with Crippen molar-refractivity contribution in [1.82, 2.24) is 14.8 Å². The minimum absolute atomic E-state index is 0.0840. The standard InChI is InChI=1S/C14H23N3O3/c1-10(18)11-6-12(17(5)7-11)13(19)15-8-14(2,20)9-16(3)4/h6-7,20H,8-9H2,1-5H3,(H,15,19). The van der Waals surface area contributed by atoms with E-state index in [1.54, 1.807) is 30.8 Å². The van der Waals surface area contributed by atoms with Gasteiger partial charge in [-0.1, -0.05) is 0 Å². The lowest BCUT2D eigenvalue weighted by atomic mass is 10.1. The third-order valence-electron chi connectivity index (χ3n) is 2.93. The van der Waals surface area contributed by atoms with Gasteiger partial charge in [0.1, 0.15) is 5.69 Å². The number of aromatic nitrogens is 1. The van der Waals surface area contributed by atoms with Crippen molar-refractivity contribution >= 4 is 11.7 Å². The molecule has 1 rings (SSSR count). The molecular weight excluding hydrogens is 258 g/mol. The largest absolute Gasteiger partial charge is 0.387 e. The predicted molar refractivity (Wildman–Crippen MR) is 76.9 cm³/mol. The summed E-state index contributed by atoms with van der Waals surface area (Å²) in [5, 5.41) is 12.8. The van der Waals surface area contributed by atoms with Gasteiger partial charge in [0.25, 0.3) is 5.91 Å². The Morgan fingerprint density at radius 2 is 2.05 bits per heavy atom. The highest BCUT2D eigenvalue weighted by molar-refractivity contribution is 5.99. The number of rotatable bonds is 6. The normalized spacial score (nSPS) is 14.2. The SMILES string of the molecule is CC(=O)c1cc(C(=O)NCC(C)(O)CN(C)C)n(C)c1. The molecule has 0 aromatic carbocycles. The molecule has 0 aliphatic rings. The van der Waals surface area contributed by atoms with Gasteiger partial charge in [-0.05, 0) is 34.0 Å². The molecule has 0 saturated heterocycles. The lowest BCUT2D eigenvalue weighted by Gasteiger charge is -2.27. The van der Waals surface area contributed by atoms with E-state index in [4.69, 9.17) is 0 Å². The van der Waals surface area contributed by atoms with Gasteiger partial charge in [-0.2, -0.15) is 0 Å². The van der Waals surface area contributed by atoms with Crippen LogP contribution in [0.25, 0.3) is 0 Å². The molecule has 0 aliphatic heterocycles. The smallest absolute Gasteiger partial charge is 0.268 e. The average molecular weight is 281 g/mol. The average Bonchev–Trinajstić information content (AvgIpc) is 2.67. The maximum absolute atomic E-state index is 12.1. The quantitative estimate of drug-likeness (QED) is 0.734. The van der Waals surface area contributed by atoms with E-state index in [9.17, 15) is 14.7 Å². The van der Waals surface area contributed by atoms with Crippen molar-refractivity contribution in [3.63, 3.8) is 0 Å². The lowest BCUT2D eigenvalue weighted by Crippen LogP contribution is -2.47. The first-order chi connectivity index (χ1) is 9.12. The van der Waals surface area contributed by atoms with Gasteiger partial charge in [0.05, 0.1) is 5.60 Å². The molecule has 112 valence electrons. The molecule has 1 aromatic rings. The number of aliphatic hydroxyl groups is 1. The Balaban J connectivity index is 2.70. The van der Waals surface area contributed by atoms with Gasteiger partial charge in [-0.15, -0.1) is 0 Å². The maximum Gasteiger partial charge on any atom is 0.268 e. The van der Waals surface area contributed by atoms with Gasteiger partial charge in [0.15, 0.2) is 5.78 Å². The molecule has 0 spiro atoms. The highest BCUT2D eigenvalue weighted by atomic mass is 16.3. The van der Waals surface area contributed by atoms with Crippen LogP contribution in [0.1, 0.15) is 34.7 Å². The summed E-state index contributed by atoms with van der Waals surface area (Å²) in [6, 6.07) is 1.55. The molecule has 6 nitrogen and oxygen atoms in total. The summed E-state index contributed by atoms with van der Waals surface area (Å²) in [4.78, 5) is 25.2. The topological polar surface area (TPSA) is 74.6 Å². The lowest BCUT2D eigenvalue weighted by molar-refractivity contribution is 0.0324. The maximum atomic E-state index is 12.1. The first-order valence-electron chi connectivity index (χ1n) is 6.45. The molecule has 1 atom stereocenters. The molecule has 1 heterocycles. The zero-order chi connectivity index (χ0) is 15.5. The number of hydrogen-bond acceptors (Lipinski definition) is 4. The van der Waals surface area contributed by atoms with Crippen molar-refractivity contribution in [2.24, 2.45) is 7.05 Å². The van der Waals surface area contributed by atoms with Crippen molar-refractivity contribution in [2.75, 3.05) is 27.2 Å². The van der Waals surface area contributed by atoms with Gasteiger partial charge in [0, 0.05) is 31.9 Å². The van der Waals surface area contributed by atoms with E-state index in [0.717, 1.165) is 0 Å². The molecule has 2 N–H and O–H groups in total. The molecule has 20 heavy (non-hydrogen) atoms. The summed E-state index contributed by atoms with van der Waals surface area (Å²) >= 11 is 0. The number of Topliss-reactive ketones (excluding diaryl/α,β-unsaturated/α-hetero) is 1. The van der Waals surface area contributed by atoms with Crippen LogP contribution in [-0.4, -0.2) is 59.0 Å². The number of aryl methyl sites for hydroxylation is 1. The number of likely N-dealkylation sites (N-methyl/N-ethyl adjacent to an activating group) is 1. The third kappa shape index (κ3) is 4.47. The Bertz CT molecular complexity index is 504. The molecule has 0 bridgehead atoms. The molecule has 0 radical (unpaired) electrons. The van der Waals surface area contributed by atoms with Crippen LogP contribution in [-0.2, 0) is 7.05 Å². The number of amides is 1. The molecular formula is C14H23N3O3. The van der Waals surface area contributed by atoms with E-state index in [1.165, 1.54) is 6.92 Å². The molecule has 1 amide bonds. The summed E-state index contributed by atoms with van der Waals surface area (Å²) in [5.74, 6) is -0.390. The number of nitrogens with zero attached hydrogens (tertiary/aromatic N) is 2. The van der Waals surface area contributed by atoms with E-state index in [0.29, 0.717) is 17.8 Å². The Morgan fingerprint density at radius 1 is 1.45 bits per heavy atom. The van der Waals surface area contributed by atoms with Crippen molar-refractivity contribution in [3.05, 3.63) is 23.5 Å². The van der Waals surface area contributed by atoms with Gasteiger partial charge < -0.3 is 19.9 Å². The number of hydrogen-bond donors (Lipinski definition) is 2. The summed E-state index contributed by atoms with van der Waals surface area (Å²) in [6.45, 7) is 3.71. The predicted octanol–water partition coefficient (Wildman–Crippen LogP) is 0.270. The fourth-order valence-corrected chi connectivity index (χ4v) is 2.08. The Labute approximate surface area is 119 Å². The van der Waals surface area contributed by atoms with Crippen molar-refractivity contribution in [3.8, 4) is 0 Å². The second-order valence-electron chi connectivity index (χ2n) is 5.70. The molecule has 0 fully saturated rings. The number of carbonyl (C=O) groups is 2. The van der Waals surface area contributed by atoms with Crippen LogP contribution in [0.3, 0.4) is 0 Å². The zero-order valence-corrected chi connectivity index (χ0v) is 12.7. The summed E-state index contributed by atoms with van der Waals surface area (Å²) in [7, 11) is 5.42. The highest BCUT2D eigenvalue weighted by Crippen LogP contribution is 2.09. The van der Waals surface area contributed by atoms with E-state index < -0.39 is 5.60 Å². The Hall–Kier alpha value is -1.66. The van der Waals surface area contributed by atoms with Crippen molar-refractivity contribution in [1.29, 1.82) is 0 Å². The fourth-order valence-electron chi connectivity index (χ4n) is 2.08.